The van der Waals surface area contributed by atoms with E-state index in [9.17, 15) is 9.18 Å². The summed E-state index contributed by atoms with van der Waals surface area (Å²) in [6.45, 7) is 3.90. The molecule has 1 aliphatic heterocycles. The molecule has 0 saturated carbocycles. The van der Waals surface area contributed by atoms with Gasteiger partial charge in [-0.2, -0.15) is 0 Å². The summed E-state index contributed by atoms with van der Waals surface area (Å²) in [5, 5.41) is 3.63. The second-order valence-corrected chi connectivity index (χ2v) is 5.63. The number of carbonyl (C=O) groups is 1. The van der Waals surface area contributed by atoms with E-state index in [1.807, 2.05) is 11.8 Å². The van der Waals surface area contributed by atoms with Gasteiger partial charge in [0, 0.05) is 24.7 Å². The molecule has 0 spiro atoms. The number of benzene rings is 1. The summed E-state index contributed by atoms with van der Waals surface area (Å²) in [4.78, 5) is 14.1. The third kappa shape index (κ3) is 3.93. The van der Waals surface area contributed by atoms with Crippen LogP contribution in [0.2, 0.25) is 5.02 Å². The monoisotopic (exact) mass is 298 g/mol. The third-order valence-electron chi connectivity index (χ3n) is 3.64. The number of hydrogen-bond acceptors (Lipinski definition) is 2. The van der Waals surface area contributed by atoms with Crippen molar-refractivity contribution in [3.05, 3.63) is 34.6 Å². The maximum atomic E-state index is 13.2. The van der Waals surface area contributed by atoms with Crippen molar-refractivity contribution in [2.75, 3.05) is 13.1 Å². The molecular formula is C15H20ClFN2O. The lowest BCUT2D eigenvalue weighted by molar-refractivity contribution is -0.133. The van der Waals surface area contributed by atoms with Crippen LogP contribution >= 0.6 is 11.6 Å². The number of halogens is 2. The normalized spacial score (nSPS) is 17.1. The van der Waals surface area contributed by atoms with Crippen LogP contribution in [0.3, 0.4) is 0 Å². The van der Waals surface area contributed by atoms with Crippen LogP contribution < -0.4 is 5.32 Å². The van der Waals surface area contributed by atoms with E-state index in [4.69, 9.17) is 11.6 Å². The van der Waals surface area contributed by atoms with E-state index >= 15 is 0 Å². The highest BCUT2D eigenvalue weighted by molar-refractivity contribution is 6.31. The Morgan fingerprint density at radius 2 is 2.10 bits per heavy atom. The largest absolute Gasteiger partial charge is 0.341 e. The third-order valence-corrected chi connectivity index (χ3v) is 4.01. The van der Waals surface area contributed by atoms with Gasteiger partial charge in [-0.1, -0.05) is 11.6 Å². The molecule has 1 aromatic carbocycles. The van der Waals surface area contributed by atoms with Crippen LogP contribution in [0.15, 0.2) is 18.2 Å². The summed E-state index contributed by atoms with van der Waals surface area (Å²) in [6.07, 6.45) is 3.35. The molecule has 0 bridgehead atoms. The van der Waals surface area contributed by atoms with Crippen LogP contribution in [0.1, 0.15) is 31.7 Å². The lowest BCUT2D eigenvalue weighted by Crippen LogP contribution is -2.46. The zero-order valence-corrected chi connectivity index (χ0v) is 12.4. The molecule has 1 aromatic rings. The smallest absolute Gasteiger partial charge is 0.239 e. The van der Waals surface area contributed by atoms with Gasteiger partial charge in [-0.05, 0) is 49.9 Å². The van der Waals surface area contributed by atoms with Gasteiger partial charge in [-0.3, -0.25) is 4.79 Å². The molecule has 110 valence electrons. The molecule has 0 radical (unpaired) electrons. The second-order valence-electron chi connectivity index (χ2n) is 5.22. The number of amides is 1. The van der Waals surface area contributed by atoms with E-state index < -0.39 is 0 Å². The summed E-state index contributed by atoms with van der Waals surface area (Å²) >= 11 is 6.01. The van der Waals surface area contributed by atoms with E-state index in [1.165, 1.54) is 24.6 Å². The van der Waals surface area contributed by atoms with Crippen molar-refractivity contribution in [1.82, 2.24) is 10.2 Å². The fourth-order valence-corrected chi connectivity index (χ4v) is 2.60. The lowest BCUT2D eigenvalue weighted by atomic mass is 10.1. The Balaban J connectivity index is 1.89. The first-order valence-electron chi connectivity index (χ1n) is 7.04. The zero-order chi connectivity index (χ0) is 14.5. The molecule has 1 fully saturated rings. The Morgan fingerprint density at radius 1 is 1.40 bits per heavy atom. The summed E-state index contributed by atoms with van der Waals surface area (Å²) in [7, 11) is 0. The topological polar surface area (TPSA) is 32.3 Å². The fourth-order valence-electron chi connectivity index (χ4n) is 2.42. The first-order chi connectivity index (χ1) is 9.58. The minimum absolute atomic E-state index is 0.109. The summed E-state index contributed by atoms with van der Waals surface area (Å²) in [6, 6.07) is 3.97. The van der Waals surface area contributed by atoms with E-state index in [0.717, 1.165) is 25.9 Å². The first kappa shape index (κ1) is 15.3. The van der Waals surface area contributed by atoms with E-state index in [1.54, 1.807) is 0 Å². The molecule has 1 saturated heterocycles. The molecule has 1 amide bonds. The van der Waals surface area contributed by atoms with Gasteiger partial charge >= 0.3 is 0 Å². The van der Waals surface area contributed by atoms with E-state index in [2.05, 4.69) is 5.32 Å². The number of piperidine rings is 1. The Hall–Kier alpha value is -1.13. The first-order valence-corrected chi connectivity index (χ1v) is 7.42. The number of rotatable bonds is 4. The van der Waals surface area contributed by atoms with Crippen molar-refractivity contribution in [2.24, 2.45) is 0 Å². The highest BCUT2D eigenvalue weighted by Gasteiger charge is 2.21. The molecule has 1 atom stereocenters. The van der Waals surface area contributed by atoms with Crippen molar-refractivity contribution in [3.63, 3.8) is 0 Å². The number of carbonyl (C=O) groups excluding carboxylic acids is 1. The SMILES string of the molecule is CC(NCc1cc(F)ccc1Cl)C(=O)N1CCCCC1. The van der Waals surface area contributed by atoms with Crippen molar-refractivity contribution in [2.45, 2.75) is 38.8 Å². The van der Waals surface area contributed by atoms with Crippen molar-refractivity contribution in [1.29, 1.82) is 0 Å². The average Bonchev–Trinajstić information content (AvgIpc) is 2.48. The van der Waals surface area contributed by atoms with Crippen LogP contribution in [0.25, 0.3) is 0 Å². The summed E-state index contributed by atoms with van der Waals surface area (Å²) in [5.74, 6) is -0.210. The fraction of sp³-hybridized carbons (Fsp3) is 0.533. The van der Waals surface area contributed by atoms with Crippen LogP contribution in [0.4, 0.5) is 4.39 Å². The molecule has 3 nitrogen and oxygen atoms in total. The van der Waals surface area contributed by atoms with Crippen LogP contribution in [0, 0.1) is 5.82 Å². The van der Waals surface area contributed by atoms with E-state index in [0.29, 0.717) is 17.1 Å². The van der Waals surface area contributed by atoms with Gasteiger partial charge in [0.25, 0.3) is 0 Å². The van der Waals surface area contributed by atoms with Crippen molar-refractivity contribution >= 4 is 17.5 Å². The molecule has 1 aliphatic rings. The standard InChI is InChI=1S/C15H20ClFN2O/c1-11(15(20)19-7-3-2-4-8-19)18-10-12-9-13(17)5-6-14(12)16/h5-6,9,11,18H,2-4,7-8,10H2,1H3. The quantitative estimate of drug-likeness (QED) is 0.927. The van der Waals surface area contributed by atoms with Gasteiger partial charge in [0.05, 0.1) is 6.04 Å². The van der Waals surface area contributed by atoms with E-state index in [-0.39, 0.29) is 17.8 Å². The Bertz CT molecular complexity index is 475. The Kier molecular flexibility index (Phi) is 5.38. The van der Waals surface area contributed by atoms with Gasteiger partial charge in [-0.15, -0.1) is 0 Å². The van der Waals surface area contributed by atoms with Crippen molar-refractivity contribution in [3.8, 4) is 0 Å². The zero-order valence-electron chi connectivity index (χ0n) is 11.7. The highest BCUT2D eigenvalue weighted by atomic mass is 35.5. The predicted octanol–water partition coefficient (Wildman–Crippen LogP) is 2.97. The molecule has 0 aromatic heterocycles. The molecule has 1 N–H and O–H groups in total. The highest BCUT2D eigenvalue weighted by Crippen LogP contribution is 2.17. The Labute approximate surface area is 124 Å². The molecule has 20 heavy (non-hydrogen) atoms. The van der Waals surface area contributed by atoms with Crippen LogP contribution in [0.5, 0.6) is 0 Å². The molecule has 0 aliphatic carbocycles. The minimum atomic E-state index is -0.318. The molecule has 2 rings (SSSR count). The summed E-state index contributed by atoms with van der Waals surface area (Å²) in [5.41, 5.74) is 0.671. The van der Waals surface area contributed by atoms with Crippen LogP contribution in [-0.4, -0.2) is 29.9 Å². The van der Waals surface area contributed by atoms with Gasteiger partial charge in [-0.25, -0.2) is 4.39 Å². The molecule has 5 heteroatoms. The van der Waals surface area contributed by atoms with Crippen molar-refractivity contribution < 1.29 is 9.18 Å². The maximum absolute atomic E-state index is 13.2. The van der Waals surface area contributed by atoms with Gasteiger partial charge < -0.3 is 10.2 Å². The van der Waals surface area contributed by atoms with Gasteiger partial charge in [0.15, 0.2) is 0 Å². The minimum Gasteiger partial charge on any atom is -0.341 e. The second kappa shape index (κ2) is 7.04. The molecule has 1 unspecified atom stereocenters. The van der Waals surface area contributed by atoms with Crippen LogP contribution in [-0.2, 0) is 11.3 Å². The number of nitrogens with zero attached hydrogens (tertiary/aromatic N) is 1. The van der Waals surface area contributed by atoms with Gasteiger partial charge in [0.1, 0.15) is 5.82 Å². The number of hydrogen-bond donors (Lipinski definition) is 1. The molecule has 1 heterocycles. The Morgan fingerprint density at radius 3 is 2.80 bits per heavy atom. The average molecular weight is 299 g/mol. The number of likely N-dealkylation sites (tertiary alicyclic amines) is 1. The lowest BCUT2D eigenvalue weighted by Gasteiger charge is -2.29. The molecular weight excluding hydrogens is 279 g/mol. The maximum Gasteiger partial charge on any atom is 0.239 e. The van der Waals surface area contributed by atoms with Gasteiger partial charge in [0.2, 0.25) is 5.91 Å². The predicted molar refractivity (Wildman–Crippen MR) is 78.1 cm³/mol. The summed E-state index contributed by atoms with van der Waals surface area (Å²) < 4.78 is 13.2. The number of nitrogens with one attached hydrogen (secondary N) is 1.